The summed E-state index contributed by atoms with van der Waals surface area (Å²) >= 11 is 0. The van der Waals surface area contributed by atoms with E-state index in [1.807, 2.05) is 31.2 Å². The number of esters is 1. The lowest BCUT2D eigenvalue weighted by molar-refractivity contribution is -0.149. The van der Waals surface area contributed by atoms with E-state index in [-0.39, 0.29) is 4.90 Å². The summed E-state index contributed by atoms with van der Waals surface area (Å²) in [6.07, 6.45) is 0. The molecule has 0 aliphatic carbocycles. The second-order valence-corrected chi connectivity index (χ2v) is 8.04. The molecule has 0 radical (unpaired) electrons. The fourth-order valence-electron chi connectivity index (χ4n) is 2.42. The Morgan fingerprint density at radius 1 is 1.07 bits per heavy atom. The molecule has 0 spiro atoms. The van der Waals surface area contributed by atoms with E-state index in [4.69, 9.17) is 9.47 Å². The minimum atomic E-state index is -3.93. The van der Waals surface area contributed by atoms with Crippen molar-refractivity contribution >= 4 is 21.9 Å². The molecule has 8 nitrogen and oxygen atoms in total. The molecule has 0 heterocycles. The van der Waals surface area contributed by atoms with Crippen molar-refractivity contribution in [1.29, 1.82) is 0 Å². The van der Waals surface area contributed by atoms with Gasteiger partial charge in [-0.05, 0) is 49.2 Å². The van der Waals surface area contributed by atoms with E-state index >= 15 is 0 Å². The lowest BCUT2D eigenvalue weighted by atomic mass is 10.1. The molecule has 2 aromatic carbocycles. The quantitative estimate of drug-likeness (QED) is 0.595. The van der Waals surface area contributed by atoms with Crippen LogP contribution in [-0.4, -0.2) is 40.1 Å². The van der Waals surface area contributed by atoms with Crippen molar-refractivity contribution in [3.05, 3.63) is 59.7 Å². The number of hydrogen-bond donors (Lipinski definition) is 2. The first-order chi connectivity index (χ1) is 13.7. The Morgan fingerprint density at radius 2 is 1.72 bits per heavy atom. The fraction of sp³-hybridized carbons (Fsp3) is 0.300. The maximum atomic E-state index is 12.3. The Kier molecular flexibility index (Phi) is 7.74. The second-order valence-electron chi connectivity index (χ2n) is 6.33. The zero-order valence-electron chi connectivity index (χ0n) is 16.5. The molecule has 0 saturated carbocycles. The predicted octanol–water partition coefficient (Wildman–Crippen LogP) is 1.53. The smallest absolute Gasteiger partial charge is 0.324 e. The summed E-state index contributed by atoms with van der Waals surface area (Å²) in [7, 11) is -2.46. The van der Waals surface area contributed by atoms with Crippen molar-refractivity contribution in [3.63, 3.8) is 0 Å². The number of rotatable bonds is 9. The van der Waals surface area contributed by atoms with Gasteiger partial charge in [-0.3, -0.25) is 9.59 Å². The minimum absolute atomic E-state index is 0.0195. The van der Waals surface area contributed by atoms with Gasteiger partial charge in [-0.1, -0.05) is 24.3 Å². The number of sulfonamides is 1. The first-order valence-electron chi connectivity index (χ1n) is 8.87. The van der Waals surface area contributed by atoms with Crippen LogP contribution in [0.3, 0.4) is 0 Å². The number of carbonyl (C=O) groups excluding carboxylic acids is 2. The highest BCUT2D eigenvalue weighted by Crippen LogP contribution is 2.15. The van der Waals surface area contributed by atoms with Gasteiger partial charge in [-0.2, -0.15) is 4.72 Å². The first kappa shape index (κ1) is 22.4. The largest absolute Gasteiger partial charge is 0.497 e. The molecule has 156 valence electrons. The van der Waals surface area contributed by atoms with Gasteiger partial charge in [-0.25, -0.2) is 8.42 Å². The highest BCUT2D eigenvalue weighted by atomic mass is 32.2. The Morgan fingerprint density at radius 3 is 2.34 bits per heavy atom. The lowest BCUT2D eigenvalue weighted by Gasteiger charge is -2.14. The number of nitrogens with one attached hydrogen (secondary N) is 2. The van der Waals surface area contributed by atoms with Gasteiger partial charge in [0.05, 0.1) is 12.0 Å². The number of amides is 1. The number of carbonyl (C=O) groups is 2. The third-order valence-corrected chi connectivity index (χ3v) is 5.69. The van der Waals surface area contributed by atoms with Crippen molar-refractivity contribution in [2.24, 2.45) is 0 Å². The van der Waals surface area contributed by atoms with E-state index in [1.165, 1.54) is 38.3 Å². The van der Waals surface area contributed by atoms with Gasteiger partial charge >= 0.3 is 5.97 Å². The molecule has 1 amide bonds. The predicted molar refractivity (Wildman–Crippen MR) is 107 cm³/mol. The van der Waals surface area contributed by atoms with Gasteiger partial charge in [0.25, 0.3) is 5.91 Å². The van der Waals surface area contributed by atoms with Gasteiger partial charge in [0.1, 0.15) is 11.8 Å². The highest BCUT2D eigenvalue weighted by Gasteiger charge is 2.23. The number of benzene rings is 2. The van der Waals surface area contributed by atoms with Crippen molar-refractivity contribution in [2.75, 3.05) is 13.7 Å². The van der Waals surface area contributed by atoms with Crippen molar-refractivity contribution in [2.45, 2.75) is 31.3 Å². The third kappa shape index (κ3) is 6.58. The Bertz CT molecular complexity index is 957. The monoisotopic (exact) mass is 420 g/mol. The van der Waals surface area contributed by atoms with E-state index in [0.717, 1.165) is 11.1 Å². The van der Waals surface area contributed by atoms with Crippen LogP contribution in [-0.2, 0) is 30.9 Å². The Labute approximate surface area is 170 Å². The molecule has 0 saturated heterocycles. The van der Waals surface area contributed by atoms with Gasteiger partial charge < -0.3 is 14.8 Å². The summed E-state index contributed by atoms with van der Waals surface area (Å²) < 4.78 is 36.8. The SMILES string of the molecule is COc1ccc(S(=O)(=O)N[C@@H](C)C(=O)OCC(=O)NCc2ccccc2C)cc1. The molecular weight excluding hydrogens is 396 g/mol. The lowest BCUT2D eigenvalue weighted by Crippen LogP contribution is -2.40. The van der Waals surface area contributed by atoms with Crippen molar-refractivity contribution in [3.8, 4) is 5.75 Å². The maximum absolute atomic E-state index is 12.3. The fourth-order valence-corrected chi connectivity index (χ4v) is 3.61. The summed E-state index contributed by atoms with van der Waals surface area (Å²) in [5.41, 5.74) is 1.99. The summed E-state index contributed by atoms with van der Waals surface area (Å²) in [6.45, 7) is 3.08. The van der Waals surface area contributed by atoms with Crippen LogP contribution in [0.25, 0.3) is 0 Å². The summed E-state index contributed by atoms with van der Waals surface area (Å²) in [6, 6.07) is 12.1. The van der Waals surface area contributed by atoms with E-state index in [1.54, 1.807) is 0 Å². The zero-order chi connectivity index (χ0) is 21.4. The van der Waals surface area contributed by atoms with Gasteiger partial charge in [0.15, 0.2) is 6.61 Å². The number of ether oxygens (including phenoxy) is 2. The molecule has 29 heavy (non-hydrogen) atoms. The number of hydrogen-bond acceptors (Lipinski definition) is 6. The van der Waals surface area contributed by atoms with Crippen LogP contribution in [0.4, 0.5) is 0 Å². The third-order valence-electron chi connectivity index (χ3n) is 4.14. The topological polar surface area (TPSA) is 111 Å². The van der Waals surface area contributed by atoms with Crippen LogP contribution in [0.2, 0.25) is 0 Å². The Hall–Kier alpha value is -2.91. The minimum Gasteiger partial charge on any atom is -0.497 e. The zero-order valence-corrected chi connectivity index (χ0v) is 17.3. The molecule has 0 aliphatic heterocycles. The number of aryl methyl sites for hydroxylation is 1. The van der Waals surface area contributed by atoms with E-state index < -0.39 is 34.5 Å². The van der Waals surface area contributed by atoms with Crippen molar-refractivity contribution < 1.29 is 27.5 Å². The normalized spacial score (nSPS) is 12.1. The average molecular weight is 420 g/mol. The highest BCUT2D eigenvalue weighted by molar-refractivity contribution is 7.89. The van der Waals surface area contributed by atoms with Crippen LogP contribution in [0, 0.1) is 6.92 Å². The van der Waals surface area contributed by atoms with Gasteiger partial charge in [0.2, 0.25) is 10.0 Å². The molecule has 2 aromatic rings. The molecule has 9 heteroatoms. The molecule has 0 bridgehead atoms. The van der Waals surface area contributed by atoms with E-state index in [9.17, 15) is 18.0 Å². The summed E-state index contributed by atoms with van der Waals surface area (Å²) in [5.74, 6) is -0.826. The van der Waals surface area contributed by atoms with E-state index in [0.29, 0.717) is 12.3 Å². The molecular formula is C20H24N2O6S. The van der Waals surface area contributed by atoms with Crippen LogP contribution in [0.15, 0.2) is 53.4 Å². The van der Waals surface area contributed by atoms with Crippen LogP contribution in [0.5, 0.6) is 5.75 Å². The molecule has 0 unspecified atom stereocenters. The second kappa shape index (κ2) is 10.0. The molecule has 2 N–H and O–H groups in total. The standard InChI is InChI=1S/C20H24N2O6S/c1-14-6-4-5-7-16(14)12-21-19(23)13-28-20(24)15(2)22-29(25,26)18-10-8-17(27-3)9-11-18/h4-11,15,22H,12-13H2,1-3H3,(H,21,23)/t15-/m0/s1. The van der Waals surface area contributed by atoms with Crippen LogP contribution < -0.4 is 14.8 Å². The van der Waals surface area contributed by atoms with Gasteiger partial charge in [-0.15, -0.1) is 0 Å². The van der Waals surface area contributed by atoms with Crippen molar-refractivity contribution in [1.82, 2.24) is 10.0 Å². The Balaban J connectivity index is 1.83. The molecule has 2 rings (SSSR count). The maximum Gasteiger partial charge on any atom is 0.324 e. The molecule has 0 fully saturated rings. The summed E-state index contributed by atoms with van der Waals surface area (Å²) in [5, 5.41) is 2.65. The summed E-state index contributed by atoms with van der Waals surface area (Å²) in [4.78, 5) is 23.9. The first-order valence-corrected chi connectivity index (χ1v) is 10.4. The molecule has 1 atom stereocenters. The number of methoxy groups -OCH3 is 1. The van der Waals surface area contributed by atoms with Gasteiger partial charge in [0, 0.05) is 6.54 Å². The molecule has 0 aliphatic rings. The van der Waals surface area contributed by atoms with Crippen LogP contribution >= 0.6 is 0 Å². The average Bonchev–Trinajstić information content (AvgIpc) is 2.71. The van der Waals surface area contributed by atoms with Crippen LogP contribution in [0.1, 0.15) is 18.1 Å². The molecule has 0 aromatic heterocycles. The van der Waals surface area contributed by atoms with E-state index in [2.05, 4.69) is 10.0 Å².